The van der Waals surface area contributed by atoms with Crippen LogP contribution in [0.15, 0.2) is 12.1 Å². The number of likely N-dealkylation sites (N-methyl/N-ethyl adjacent to an activating group) is 1. The Morgan fingerprint density at radius 1 is 1.53 bits per heavy atom. The van der Waals surface area contributed by atoms with E-state index in [1.807, 2.05) is 37.9 Å². The molecule has 1 rings (SSSR count). The fraction of sp³-hybridized carbons (Fsp3) is 0.615. The molecule has 0 aliphatic rings. The Balaban J connectivity index is 2.45. The molecule has 0 fully saturated rings. The van der Waals surface area contributed by atoms with Gasteiger partial charge in [0.25, 0.3) is 0 Å². The van der Waals surface area contributed by atoms with Gasteiger partial charge in [-0.2, -0.15) is 11.8 Å². The molecule has 0 N–H and O–H groups in total. The molecule has 0 saturated carbocycles. The van der Waals surface area contributed by atoms with Crippen LogP contribution in [-0.2, 0) is 0 Å². The normalized spacial score (nSPS) is 13.0. The maximum Gasteiger partial charge on any atom is 0.186 e. The SMILES string of the molecule is CSCCC(C)N(C)CC(=O)c1ccc(C)s1. The lowest BCUT2D eigenvalue weighted by Crippen LogP contribution is -2.34. The van der Waals surface area contributed by atoms with Gasteiger partial charge in [-0.15, -0.1) is 11.3 Å². The summed E-state index contributed by atoms with van der Waals surface area (Å²) in [5.41, 5.74) is 0. The van der Waals surface area contributed by atoms with Gasteiger partial charge in [-0.05, 0) is 51.5 Å². The molecule has 2 nitrogen and oxygen atoms in total. The molecule has 0 aliphatic carbocycles. The fourth-order valence-corrected chi connectivity index (χ4v) is 2.93. The summed E-state index contributed by atoms with van der Waals surface area (Å²) in [5, 5.41) is 0. The zero-order valence-electron chi connectivity index (χ0n) is 11.0. The molecule has 0 bridgehead atoms. The minimum absolute atomic E-state index is 0.238. The van der Waals surface area contributed by atoms with Crippen molar-refractivity contribution in [2.75, 3.05) is 25.6 Å². The van der Waals surface area contributed by atoms with Crippen molar-refractivity contribution in [3.8, 4) is 0 Å². The van der Waals surface area contributed by atoms with E-state index in [1.54, 1.807) is 11.3 Å². The Labute approximate surface area is 112 Å². The fourth-order valence-electron chi connectivity index (χ4n) is 1.55. The molecule has 1 atom stereocenters. The lowest BCUT2D eigenvalue weighted by atomic mass is 10.2. The quantitative estimate of drug-likeness (QED) is 0.710. The zero-order valence-corrected chi connectivity index (χ0v) is 12.7. The van der Waals surface area contributed by atoms with Gasteiger partial charge >= 0.3 is 0 Å². The zero-order chi connectivity index (χ0) is 12.8. The number of carbonyl (C=O) groups excluding carboxylic acids is 1. The predicted octanol–water partition coefficient (Wildman–Crippen LogP) is 3.31. The van der Waals surface area contributed by atoms with Gasteiger partial charge in [0.15, 0.2) is 5.78 Å². The Morgan fingerprint density at radius 3 is 2.76 bits per heavy atom. The van der Waals surface area contributed by atoms with Gasteiger partial charge in [0.05, 0.1) is 11.4 Å². The predicted molar refractivity (Wildman–Crippen MR) is 78.5 cm³/mol. The van der Waals surface area contributed by atoms with E-state index in [2.05, 4.69) is 18.1 Å². The van der Waals surface area contributed by atoms with E-state index in [9.17, 15) is 4.79 Å². The summed E-state index contributed by atoms with van der Waals surface area (Å²) in [6, 6.07) is 4.41. The number of hydrogen-bond donors (Lipinski definition) is 0. The maximum atomic E-state index is 12.0. The number of ketones is 1. The second-order valence-corrected chi connectivity index (χ2v) is 6.65. The number of rotatable bonds is 7. The molecule has 0 radical (unpaired) electrons. The molecular formula is C13H21NOS2. The van der Waals surface area contributed by atoms with Gasteiger partial charge in [-0.25, -0.2) is 0 Å². The van der Waals surface area contributed by atoms with Crippen LogP contribution in [0.1, 0.15) is 27.9 Å². The number of hydrogen-bond acceptors (Lipinski definition) is 4. The summed E-state index contributed by atoms with van der Waals surface area (Å²) < 4.78 is 0. The van der Waals surface area contributed by atoms with Crippen molar-refractivity contribution in [1.82, 2.24) is 4.90 Å². The van der Waals surface area contributed by atoms with Crippen molar-refractivity contribution >= 4 is 28.9 Å². The number of thioether (sulfide) groups is 1. The molecule has 0 spiro atoms. The van der Waals surface area contributed by atoms with Crippen LogP contribution < -0.4 is 0 Å². The van der Waals surface area contributed by atoms with Gasteiger partial charge in [0.1, 0.15) is 0 Å². The molecular weight excluding hydrogens is 250 g/mol. The van der Waals surface area contributed by atoms with E-state index in [0.29, 0.717) is 12.6 Å². The van der Waals surface area contributed by atoms with Crippen molar-refractivity contribution in [3.05, 3.63) is 21.9 Å². The molecule has 0 amide bonds. The summed E-state index contributed by atoms with van der Waals surface area (Å²) in [7, 11) is 2.03. The van der Waals surface area contributed by atoms with Crippen LogP contribution in [0.4, 0.5) is 0 Å². The average molecular weight is 271 g/mol. The first-order valence-electron chi connectivity index (χ1n) is 5.83. The highest BCUT2D eigenvalue weighted by atomic mass is 32.2. The summed E-state index contributed by atoms with van der Waals surface area (Å²) >= 11 is 3.44. The molecule has 4 heteroatoms. The molecule has 0 saturated heterocycles. The van der Waals surface area contributed by atoms with Crippen LogP contribution in [0.5, 0.6) is 0 Å². The number of carbonyl (C=O) groups is 1. The minimum atomic E-state index is 0.238. The van der Waals surface area contributed by atoms with Crippen molar-refractivity contribution in [1.29, 1.82) is 0 Å². The van der Waals surface area contributed by atoms with Crippen LogP contribution in [0.3, 0.4) is 0 Å². The van der Waals surface area contributed by atoms with Crippen molar-refractivity contribution in [2.24, 2.45) is 0 Å². The third-order valence-corrected chi connectivity index (χ3v) is 4.59. The van der Waals surface area contributed by atoms with E-state index in [-0.39, 0.29) is 5.78 Å². The molecule has 1 aromatic rings. The number of nitrogens with zero attached hydrogens (tertiary/aromatic N) is 1. The molecule has 1 unspecified atom stereocenters. The molecule has 1 aromatic heterocycles. The molecule has 0 aromatic carbocycles. The van der Waals surface area contributed by atoms with Crippen molar-refractivity contribution < 1.29 is 4.79 Å². The number of thiophene rings is 1. The van der Waals surface area contributed by atoms with Crippen LogP contribution in [-0.4, -0.2) is 42.3 Å². The number of aryl methyl sites for hydroxylation is 1. The topological polar surface area (TPSA) is 20.3 Å². The molecule has 17 heavy (non-hydrogen) atoms. The minimum Gasteiger partial charge on any atom is -0.296 e. The highest BCUT2D eigenvalue weighted by Crippen LogP contribution is 2.16. The highest BCUT2D eigenvalue weighted by molar-refractivity contribution is 7.98. The highest BCUT2D eigenvalue weighted by Gasteiger charge is 2.15. The van der Waals surface area contributed by atoms with E-state index in [1.165, 1.54) is 4.88 Å². The second-order valence-electron chi connectivity index (χ2n) is 4.38. The average Bonchev–Trinajstić information content (AvgIpc) is 2.72. The van der Waals surface area contributed by atoms with Gasteiger partial charge in [0, 0.05) is 10.9 Å². The Bertz CT molecular complexity index is 362. The second kappa shape index (κ2) is 7.19. The van der Waals surface area contributed by atoms with E-state index in [4.69, 9.17) is 0 Å². The van der Waals surface area contributed by atoms with Crippen molar-refractivity contribution in [2.45, 2.75) is 26.3 Å². The molecule has 1 heterocycles. The van der Waals surface area contributed by atoms with E-state index >= 15 is 0 Å². The van der Waals surface area contributed by atoms with Gasteiger partial charge in [0.2, 0.25) is 0 Å². The van der Waals surface area contributed by atoms with Crippen LogP contribution in [0, 0.1) is 6.92 Å². The number of Topliss-reactive ketones (excluding diaryl/α,β-unsaturated/α-hetero) is 1. The summed E-state index contributed by atoms with van der Waals surface area (Å²) in [6.45, 7) is 4.74. The van der Waals surface area contributed by atoms with Gasteiger partial charge in [-0.1, -0.05) is 0 Å². The van der Waals surface area contributed by atoms with Gasteiger partial charge < -0.3 is 0 Å². The summed E-state index contributed by atoms with van der Waals surface area (Å²) in [6.07, 6.45) is 3.25. The Morgan fingerprint density at radius 2 is 2.24 bits per heavy atom. The lowest BCUT2D eigenvalue weighted by molar-refractivity contribution is 0.0927. The Hall–Kier alpha value is -0.320. The van der Waals surface area contributed by atoms with Gasteiger partial charge in [-0.3, -0.25) is 9.69 Å². The smallest absolute Gasteiger partial charge is 0.186 e. The monoisotopic (exact) mass is 271 g/mol. The first kappa shape index (κ1) is 14.7. The maximum absolute atomic E-state index is 12.0. The standard InChI is InChI=1S/C13H21NOS2/c1-10(7-8-16-4)14(3)9-12(15)13-6-5-11(2)17-13/h5-6,10H,7-9H2,1-4H3. The Kier molecular flexibility index (Phi) is 6.23. The third kappa shape index (κ3) is 4.82. The van der Waals surface area contributed by atoms with E-state index < -0.39 is 0 Å². The first-order valence-corrected chi connectivity index (χ1v) is 8.04. The summed E-state index contributed by atoms with van der Waals surface area (Å²) in [4.78, 5) is 16.2. The third-order valence-electron chi connectivity index (χ3n) is 2.90. The lowest BCUT2D eigenvalue weighted by Gasteiger charge is -2.23. The van der Waals surface area contributed by atoms with Crippen LogP contribution in [0.2, 0.25) is 0 Å². The first-order chi connectivity index (χ1) is 8.04. The van der Waals surface area contributed by atoms with Crippen LogP contribution >= 0.6 is 23.1 Å². The van der Waals surface area contributed by atoms with Crippen LogP contribution in [0.25, 0.3) is 0 Å². The summed E-state index contributed by atoms with van der Waals surface area (Å²) in [5.74, 6) is 1.39. The molecule has 96 valence electrons. The van der Waals surface area contributed by atoms with Crippen molar-refractivity contribution in [3.63, 3.8) is 0 Å². The largest absolute Gasteiger partial charge is 0.296 e. The van der Waals surface area contributed by atoms with E-state index in [0.717, 1.165) is 17.1 Å². The molecule has 0 aliphatic heterocycles.